The Hall–Kier alpha value is -4.10. The number of benzene rings is 1. The molecule has 53 heavy (non-hydrogen) atoms. The summed E-state index contributed by atoms with van der Waals surface area (Å²) >= 11 is 0. The zero-order valence-electron chi connectivity index (χ0n) is 32.6. The van der Waals surface area contributed by atoms with Crippen molar-refractivity contribution >= 4 is 29.4 Å². The number of methoxy groups -OCH3 is 1. The summed E-state index contributed by atoms with van der Waals surface area (Å²) in [6.07, 6.45) is 7.98. The summed E-state index contributed by atoms with van der Waals surface area (Å²) in [5, 5.41) is 12.0. The molecule has 1 heterocycles. The molecule has 1 aromatic rings. The highest BCUT2D eigenvalue weighted by molar-refractivity contribution is 5.93. The van der Waals surface area contributed by atoms with Gasteiger partial charge < -0.3 is 29.3 Å². The van der Waals surface area contributed by atoms with Crippen LogP contribution in [0.2, 0.25) is 0 Å². The van der Waals surface area contributed by atoms with E-state index in [1.807, 2.05) is 20.0 Å². The maximum atomic E-state index is 13.4. The van der Waals surface area contributed by atoms with Crippen molar-refractivity contribution in [1.29, 1.82) is 0 Å². The molecule has 6 atom stereocenters. The molecular weight excluding hydrogens is 670 g/mol. The number of ketones is 1. The molecule has 2 amide bonds. The van der Waals surface area contributed by atoms with E-state index in [2.05, 4.69) is 47.9 Å². The minimum absolute atomic E-state index is 0.0283. The number of piperazine rings is 1. The highest BCUT2D eigenvalue weighted by Crippen LogP contribution is 2.66. The number of hydrogen-bond donors (Lipinski definition) is 1. The second-order valence-electron chi connectivity index (χ2n) is 16.9. The Morgan fingerprint density at radius 1 is 1.08 bits per heavy atom. The molecule has 1 aliphatic heterocycles. The van der Waals surface area contributed by atoms with Crippen LogP contribution in [0, 0.1) is 29.1 Å². The molecule has 0 aromatic heterocycles. The van der Waals surface area contributed by atoms with Crippen molar-refractivity contribution in [3.8, 4) is 11.8 Å². The molecule has 1 aromatic carbocycles. The predicted molar refractivity (Wildman–Crippen MR) is 203 cm³/mol. The summed E-state index contributed by atoms with van der Waals surface area (Å²) in [6.45, 7) is 10.6. The van der Waals surface area contributed by atoms with Crippen molar-refractivity contribution in [3.63, 3.8) is 0 Å². The number of ether oxygens (including phenoxy) is 2. The Morgan fingerprint density at radius 3 is 2.49 bits per heavy atom. The van der Waals surface area contributed by atoms with Crippen LogP contribution in [0.5, 0.6) is 0 Å². The van der Waals surface area contributed by atoms with E-state index >= 15 is 0 Å². The second-order valence-corrected chi connectivity index (χ2v) is 16.9. The van der Waals surface area contributed by atoms with Crippen molar-refractivity contribution in [3.05, 3.63) is 52.6 Å². The van der Waals surface area contributed by atoms with Gasteiger partial charge in [-0.2, -0.15) is 0 Å². The Labute approximate surface area is 314 Å². The van der Waals surface area contributed by atoms with Gasteiger partial charge in [0.15, 0.2) is 5.78 Å². The van der Waals surface area contributed by atoms with Crippen LogP contribution in [0.15, 0.2) is 47.1 Å². The molecule has 3 fully saturated rings. The molecule has 10 heteroatoms. The third-order valence-electron chi connectivity index (χ3n) is 12.7. The van der Waals surface area contributed by atoms with Gasteiger partial charge in [0.1, 0.15) is 17.2 Å². The average molecular weight is 728 g/mol. The first-order valence-corrected chi connectivity index (χ1v) is 19.4. The van der Waals surface area contributed by atoms with E-state index in [4.69, 9.17) is 9.47 Å². The van der Waals surface area contributed by atoms with Crippen LogP contribution in [0.3, 0.4) is 0 Å². The van der Waals surface area contributed by atoms with Gasteiger partial charge in [0, 0.05) is 56.5 Å². The fraction of sp³-hybridized carbons (Fsp3) is 0.628. The van der Waals surface area contributed by atoms with Crippen LogP contribution in [0.1, 0.15) is 104 Å². The molecule has 1 saturated heterocycles. The lowest BCUT2D eigenvalue weighted by molar-refractivity contribution is -0.156. The zero-order chi connectivity index (χ0) is 38.3. The number of fused-ring (bicyclic) bond motifs is 4. The molecule has 1 unspecified atom stereocenters. The molecule has 4 aliphatic carbocycles. The van der Waals surface area contributed by atoms with Crippen LogP contribution in [-0.2, 0) is 23.9 Å². The summed E-state index contributed by atoms with van der Waals surface area (Å²) in [7, 11) is 3.30. The van der Waals surface area contributed by atoms with Crippen molar-refractivity contribution in [2.45, 2.75) is 116 Å². The number of anilines is 1. The number of aliphatic hydroxyl groups is 1. The van der Waals surface area contributed by atoms with Crippen LogP contribution >= 0.6 is 0 Å². The number of rotatable bonds is 7. The fourth-order valence-electron chi connectivity index (χ4n) is 9.99. The van der Waals surface area contributed by atoms with Crippen LogP contribution in [0.4, 0.5) is 10.5 Å². The standard InChI is InChI=1S/C43H57N3O7/c1-8-20-43(51)21-19-35-33-17-13-29-25-31(47)16-18-32(29)38(33)34(26-42(35,43)5)28-11-14-30(15-12-28)44(6)22-9-10-37(48)46-24-23-45(27-36(46)39(49)52-7)40(50)53-41(2,3)4/h11-12,14-15,25,33-36,51H,9-10,13,16-19,21-24,26-27H2,1-7H3/t33-,34+,35-,36?,42-,43-/m0/s1. The zero-order valence-corrected chi connectivity index (χ0v) is 32.6. The molecule has 10 nitrogen and oxygen atoms in total. The third kappa shape index (κ3) is 7.51. The van der Waals surface area contributed by atoms with E-state index in [1.165, 1.54) is 39.2 Å². The molecular formula is C43H57N3O7. The summed E-state index contributed by atoms with van der Waals surface area (Å²) in [4.78, 5) is 56.4. The largest absolute Gasteiger partial charge is 0.467 e. The highest BCUT2D eigenvalue weighted by Gasteiger charge is 2.62. The minimum atomic E-state index is -1.01. The molecule has 1 N–H and O–H groups in total. The van der Waals surface area contributed by atoms with Crippen molar-refractivity contribution < 1.29 is 33.8 Å². The average Bonchev–Trinajstić information content (AvgIpc) is 3.38. The summed E-state index contributed by atoms with van der Waals surface area (Å²) in [6, 6.07) is 7.84. The van der Waals surface area contributed by atoms with Crippen LogP contribution < -0.4 is 4.90 Å². The lowest BCUT2D eigenvalue weighted by Gasteiger charge is -2.53. The fourth-order valence-corrected chi connectivity index (χ4v) is 9.99. The first-order valence-electron chi connectivity index (χ1n) is 19.4. The minimum Gasteiger partial charge on any atom is -0.467 e. The summed E-state index contributed by atoms with van der Waals surface area (Å²) in [5.41, 5.74) is 4.34. The number of carbonyl (C=O) groups excluding carboxylic acids is 4. The molecule has 5 aliphatic rings. The van der Waals surface area contributed by atoms with Crippen molar-refractivity contribution in [2.75, 3.05) is 45.2 Å². The monoisotopic (exact) mass is 727 g/mol. The molecule has 6 rings (SSSR count). The smallest absolute Gasteiger partial charge is 0.410 e. The van der Waals surface area contributed by atoms with E-state index in [0.717, 1.165) is 37.8 Å². The maximum Gasteiger partial charge on any atom is 0.410 e. The Morgan fingerprint density at radius 2 is 1.81 bits per heavy atom. The normalized spacial score (nSPS) is 29.6. The third-order valence-corrected chi connectivity index (χ3v) is 12.7. The van der Waals surface area contributed by atoms with Gasteiger partial charge in [-0.25, -0.2) is 9.59 Å². The van der Waals surface area contributed by atoms with Crippen molar-refractivity contribution in [2.24, 2.45) is 17.3 Å². The van der Waals surface area contributed by atoms with E-state index in [0.29, 0.717) is 37.6 Å². The first kappa shape index (κ1) is 38.6. The van der Waals surface area contributed by atoms with E-state index < -0.39 is 29.3 Å². The first-order chi connectivity index (χ1) is 25.1. The van der Waals surface area contributed by atoms with Gasteiger partial charge >= 0.3 is 12.1 Å². The molecule has 0 radical (unpaired) electrons. The number of amides is 2. The van der Waals surface area contributed by atoms with E-state index in [1.54, 1.807) is 20.8 Å². The van der Waals surface area contributed by atoms with Gasteiger partial charge in [0.25, 0.3) is 0 Å². The van der Waals surface area contributed by atoms with Crippen molar-refractivity contribution in [1.82, 2.24) is 9.80 Å². The van der Waals surface area contributed by atoms with E-state index in [9.17, 15) is 24.3 Å². The number of carbonyl (C=O) groups is 4. The van der Waals surface area contributed by atoms with Gasteiger partial charge in [0.05, 0.1) is 13.7 Å². The predicted octanol–water partition coefficient (Wildman–Crippen LogP) is 6.18. The summed E-state index contributed by atoms with van der Waals surface area (Å²) in [5.74, 6) is 6.67. The maximum absolute atomic E-state index is 13.4. The van der Waals surface area contributed by atoms with Crippen LogP contribution in [-0.4, -0.2) is 96.2 Å². The Bertz CT molecular complexity index is 1750. The Kier molecular flexibility index (Phi) is 10.9. The lowest BCUT2D eigenvalue weighted by atomic mass is 9.51. The SMILES string of the molecule is CC#C[C@]1(O)CC[C@H]2[C@@H]3CCC4=CC(=O)CCC4=C3[C@@H](c3ccc(N(C)CCCC(=O)N4CCN(C(=O)OC(C)(C)C)CC4C(=O)OC)cc3)C[C@@]21C. The Balaban J connectivity index is 1.14. The second kappa shape index (κ2) is 15.0. The van der Waals surface area contributed by atoms with Crippen LogP contribution in [0.25, 0.3) is 0 Å². The number of hydrogen-bond acceptors (Lipinski definition) is 8. The number of allylic oxidation sites excluding steroid dienone is 4. The molecule has 286 valence electrons. The summed E-state index contributed by atoms with van der Waals surface area (Å²) < 4.78 is 10.5. The topological polar surface area (TPSA) is 117 Å². The van der Waals surface area contributed by atoms with Gasteiger partial charge in [-0.1, -0.05) is 30.6 Å². The molecule has 2 saturated carbocycles. The molecule has 0 bridgehead atoms. The number of nitrogens with zero attached hydrogens (tertiary/aromatic N) is 3. The molecule has 0 spiro atoms. The van der Waals surface area contributed by atoms with Gasteiger partial charge in [-0.3, -0.25) is 9.59 Å². The van der Waals surface area contributed by atoms with Gasteiger partial charge in [-0.05, 0) is 119 Å². The van der Waals surface area contributed by atoms with E-state index in [-0.39, 0.29) is 49.1 Å². The quantitative estimate of drug-likeness (QED) is 0.262. The highest BCUT2D eigenvalue weighted by atomic mass is 16.6. The van der Waals surface area contributed by atoms with Gasteiger partial charge in [0.2, 0.25) is 5.91 Å². The number of esters is 1. The lowest BCUT2D eigenvalue weighted by Crippen LogP contribution is -2.60. The van der Waals surface area contributed by atoms with Gasteiger partial charge in [-0.15, -0.1) is 5.92 Å².